The zero-order valence-corrected chi connectivity index (χ0v) is 12.3. The van der Waals surface area contributed by atoms with Gasteiger partial charge in [-0.05, 0) is 44.2 Å². The van der Waals surface area contributed by atoms with Gasteiger partial charge in [-0.15, -0.1) is 0 Å². The van der Waals surface area contributed by atoms with E-state index in [1.54, 1.807) is 12.5 Å². The van der Waals surface area contributed by atoms with Gasteiger partial charge in [0.2, 0.25) is 5.91 Å². The van der Waals surface area contributed by atoms with E-state index in [0.29, 0.717) is 18.3 Å². The Morgan fingerprint density at radius 1 is 1.60 bits per heavy atom. The lowest BCUT2D eigenvalue weighted by Gasteiger charge is -2.28. The Kier molecular flexibility index (Phi) is 6.05. The van der Waals surface area contributed by atoms with Crippen LogP contribution in [0.15, 0.2) is 18.7 Å². The second-order valence-corrected chi connectivity index (χ2v) is 5.79. The molecule has 1 aromatic rings. The van der Waals surface area contributed by atoms with Gasteiger partial charge in [0, 0.05) is 31.9 Å². The lowest BCUT2D eigenvalue weighted by atomic mass is 9.85. The standard InChI is InChI=1S/C15H26N4O/c1-13(14-4-2-5-16-11-14)10-15(20)18-6-3-8-19-9-7-17-12-19/h7,9,12-14,16H,2-6,8,10-11H2,1H3,(H,18,20). The van der Waals surface area contributed by atoms with Gasteiger partial charge in [-0.2, -0.15) is 0 Å². The fourth-order valence-corrected chi connectivity index (χ4v) is 2.80. The lowest BCUT2D eigenvalue weighted by molar-refractivity contribution is -0.122. The summed E-state index contributed by atoms with van der Waals surface area (Å²) in [5, 5.41) is 6.44. The number of imidazole rings is 1. The maximum Gasteiger partial charge on any atom is 0.220 e. The summed E-state index contributed by atoms with van der Waals surface area (Å²) in [6.07, 6.45) is 9.61. The number of hydrogen-bond acceptors (Lipinski definition) is 3. The van der Waals surface area contributed by atoms with E-state index in [-0.39, 0.29) is 5.91 Å². The molecule has 1 saturated heterocycles. The number of nitrogens with zero attached hydrogens (tertiary/aromatic N) is 2. The fraction of sp³-hybridized carbons (Fsp3) is 0.733. The first kappa shape index (κ1) is 15.0. The summed E-state index contributed by atoms with van der Waals surface area (Å²) in [6.45, 7) is 6.04. The number of carbonyl (C=O) groups is 1. The average molecular weight is 278 g/mol. The molecule has 0 radical (unpaired) electrons. The molecule has 0 bridgehead atoms. The molecule has 0 aromatic carbocycles. The number of nitrogens with one attached hydrogen (secondary N) is 2. The number of amides is 1. The van der Waals surface area contributed by atoms with Crippen LogP contribution in [0.3, 0.4) is 0 Å². The first-order chi connectivity index (χ1) is 9.75. The van der Waals surface area contributed by atoms with Crippen molar-refractivity contribution in [3.63, 3.8) is 0 Å². The summed E-state index contributed by atoms with van der Waals surface area (Å²) in [7, 11) is 0. The number of rotatable bonds is 7. The first-order valence-corrected chi connectivity index (χ1v) is 7.69. The van der Waals surface area contributed by atoms with Crippen LogP contribution in [-0.2, 0) is 11.3 Å². The molecule has 2 N–H and O–H groups in total. The molecular formula is C15H26N4O. The highest BCUT2D eigenvalue weighted by Crippen LogP contribution is 2.22. The Labute approximate surface area is 121 Å². The zero-order chi connectivity index (χ0) is 14.2. The third kappa shape index (κ3) is 4.96. The Morgan fingerprint density at radius 2 is 2.50 bits per heavy atom. The van der Waals surface area contributed by atoms with Crippen LogP contribution in [-0.4, -0.2) is 35.1 Å². The molecule has 2 unspecified atom stereocenters. The smallest absolute Gasteiger partial charge is 0.220 e. The van der Waals surface area contributed by atoms with Crippen LogP contribution < -0.4 is 10.6 Å². The van der Waals surface area contributed by atoms with Gasteiger partial charge in [0.15, 0.2) is 0 Å². The third-order valence-corrected chi connectivity index (χ3v) is 4.12. The lowest BCUT2D eigenvalue weighted by Crippen LogP contribution is -2.35. The number of carbonyl (C=O) groups excluding carboxylic acids is 1. The van der Waals surface area contributed by atoms with E-state index in [4.69, 9.17) is 0 Å². The van der Waals surface area contributed by atoms with Crippen LogP contribution in [0.25, 0.3) is 0 Å². The van der Waals surface area contributed by atoms with Crippen LogP contribution in [0, 0.1) is 11.8 Å². The summed E-state index contributed by atoms with van der Waals surface area (Å²) < 4.78 is 2.03. The second-order valence-electron chi connectivity index (χ2n) is 5.79. The number of hydrogen-bond donors (Lipinski definition) is 2. The maximum absolute atomic E-state index is 11.9. The van der Waals surface area contributed by atoms with Crippen molar-refractivity contribution >= 4 is 5.91 Å². The number of piperidine rings is 1. The number of aromatic nitrogens is 2. The molecule has 2 atom stereocenters. The van der Waals surface area contributed by atoms with Crippen LogP contribution in [0.4, 0.5) is 0 Å². The summed E-state index contributed by atoms with van der Waals surface area (Å²) in [6, 6.07) is 0. The largest absolute Gasteiger partial charge is 0.356 e. The van der Waals surface area contributed by atoms with Gasteiger partial charge in [0.25, 0.3) is 0 Å². The van der Waals surface area contributed by atoms with E-state index in [0.717, 1.165) is 32.6 Å². The van der Waals surface area contributed by atoms with Crippen molar-refractivity contribution in [2.75, 3.05) is 19.6 Å². The zero-order valence-electron chi connectivity index (χ0n) is 12.3. The first-order valence-electron chi connectivity index (χ1n) is 7.69. The van der Waals surface area contributed by atoms with E-state index in [2.05, 4.69) is 22.5 Å². The molecule has 1 aliphatic rings. The third-order valence-electron chi connectivity index (χ3n) is 4.12. The maximum atomic E-state index is 11.9. The molecule has 5 nitrogen and oxygen atoms in total. The van der Waals surface area contributed by atoms with Gasteiger partial charge in [0.05, 0.1) is 6.33 Å². The summed E-state index contributed by atoms with van der Waals surface area (Å²) in [4.78, 5) is 15.9. The second kappa shape index (κ2) is 8.04. The molecule has 0 aliphatic carbocycles. The molecule has 1 aliphatic heterocycles. The van der Waals surface area contributed by atoms with Gasteiger partial charge < -0.3 is 15.2 Å². The van der Waals surface area contributed by atoms with E-state index < -0.39 is 0 Å². The summed E-state index contributed by atoms with van der Waals surface area (Å²) in [5.74, 6) is 1.31. The molecule has 0 spiro atoms. The van der Waals surface area contributed by atoms with E-state index in [1.165, 1.54) is 12.8 Å². The molecule has 5 heteroatoms. The minimum Gasteiger partial charge on any atom is -0.356 e. The predicted octanol–water partition coefficient (Wildman–Crippen LogP) is 1.42. The van der Waals surface area contributed by atoms with Gasteiger partial charge in [-0.25, -0.2) is 4.98 Å². The van der Waals surface area contributed by atoms with Crippen molar-refractivity contribution < 1.29 is 4.79 Å². The Hall–Kier alpha value is -1.36. The quantitative estimate of drug-likeness (QED) is 0.742. The molecular weight excluding hydrogens is 252 g/mol. The predicted molar refractivity (Wildman–Crippen MR) is 79.2 cm³/mol. The van der Waals surface area contributed by atoms with E-state index in [9.17, 15) is 4.79 Å². The monoisotopic (exact) mass is 278 g/mol. The number of aryl methyl sites for hydroxylation is 1. The van der Waals surface area contributed by atoms with Gasteiger partial charge in [-0.1, -0.05) is 6.92 Å². The molecule has 1 amide bonds. The SMILES string of the molecule is CC(CC(=O)NCCCn1ccnc1)C1CCCNC1. The molecule has 1 fully saturated rings. The highest BCUT2D eigenvalue weighted by atomic mass is 16.1. The fourth-order valence-electron chi connectivity index (χ4n) is 2.80. The summed E-state index contributed by atoms with van der Waals surface area (Å²) >= 11 is 0. The van der Waals surface area contributed by atoms with Crippen LogP contribution >= 0.6 is 0 Å². The molecule has 20 heavy (non-hydrogen) atoms. The minimum atomic E-state index is 0.189. The molecule has 112 valence electrons. The highest BCUT2D eigenvalue weighted by molar-refractivity contribution is 5.76. The van der Waals surface area contributed by atoms with Crippen molar-refractivity contribution in [2.24, 2.45) is 11.8 Å². The van der Waals surface area contributed by atoms with Crippen LogP contribution in [0.1, 0.15) is 32.6 Å². The highest BCUT2D eigenvalue weighted by Gasteiger charge is 2.21. The van der Waals surface area contributed by atoms with Crippen molar-refractivity contribution in [1.82, 2.24) is 20.2 Å². The van der Waals surface area contributed by atoms with Crippen molar-refractivity contribution in [3.8, 4) is 0 Å². The molecule has 1 aromatic heterocycles. The van der Waals surface area contributed by atoms with Gasteiger partial charge in [0.1, 0.15) is 0 Å². The Bertz CT molecular complexity index is 385. The molecule has 2 rings (SSSR count). The van der Waals surface area contributed by atoms with Crippen LogP contribution in [0.5, 0.6) is 0 Å². The molecule has 2 heterocycles. The minimum absolute atomic E-state index is 0.189. The normalized spacial score (nSPS) is 20.6. The van der Waals surface area contributed by atoms with Gasteiger partial charge in [-0.3, -0.25) is 4.79 Å². The van der Waals surface area contributed by atoms with E-state index >= 15 is 0 Å². The van der Waals surface area contributed by atoms with Crippen molar-refractivity contribution in [3.05, 3.63) is 18.7 Å². The topological polar surface area (TPSA) is 59.0 Å². The summed E-state index contributed by atoms with van der Waals surface area (Å²) in [5.41, 5.74) is 0. The van der Waals surface area contributed by atoms with E-state index in [1.807, 2.05) is 10.8 Å². The average Bonchev–Trinajstić information content (AvgIpc) is 2.98. The van der Waals surface area contributed by atoms with Crippen molar-refractivity contribution in [1.29, 1.82) is 0 Å². The van der Waals surface area contributed by atoms with Crippen molar-refractivity contribution in [2.45, 2.75) is 39.2 Å². The Morgan fingerprint density at radius 3 is 3.20 bits per heavy atom. The van der Waals surface area contributed by atoms with Gasteiger partial charge >= 0.3 is 0 Å². The Balaban J connectivity index is 1.57. The molecule has 0 saturated carbocycles. The van der Waals surface area contributed by atoms with Crippen LogP contribution in [0.2, 0.25) is 0 Å².